The van der Waals surface area contributed by atoms with Gasteiger partial charge >= 0.3 is 0 Å². The molecule has 1 aromatic heterocycles. The van der Waals surface area contributed by atoms with Crippen LogP contribution in [0.4, 0.5) is 20.4 Å². The van der Waals surface area contributed by atoms with Crippen LogP contribution in [0, 0.1) is 11.6 Å². The summed E-state index contributed by atoms with van der Waals surface area (Å²) in [6.07, 6.45) is 2.81. The van der Waals surface area contributed by atoms with E-state index < -0.39 is 18.2 Å². The lowest BCUT2D eigenvalue weighted by molar-refractivity contribution is -0.123. The Bertz CT molecular complexity index is 1070. The molecule has 9 nitrogen and oxygen atoms in total. The first-order valence-electron chi connectivity index (χ1n) is 12.1. The van der Waals surface area contributed by atoms with E-state index in [4.69, 9.17) is 9.84 Å². The van der Waals surface area contributed by atoms with Crippen molar-refractivity contribution < 1.29 is 23.4 Å². The number of carbonyl (C=O) groups is 1. The van der Waals surface area contributed by atoms with E-state index in [1.807, 2.05) is 18.7 Å². The average Bonchev–Trinajstić information content (AvgIpc) is 2.88. The molecule has 2 aliphatic heterocycles. The molecule has 0 spiro atoms. The Morgan fingerprint density at radius 1 is 1.25 bits per heavy atom. The number of halogens is 2. The maximum Gasteiger partial charge on any atom is 0.245 e. The number of hydrogen-bond donors (Lipinski definition) is 3. The minimum atomic E-state index is -0.618. The number of piperidine rings is 1. The molecule has 1 fully saturated rings. The van der Waals surface area contributed by atoms with Crippen molar-refractivity contribution in [2.75, 3.05) is 55.4 Å². The highest BCUT2D eigenvalue weighted by atomic mass is 32.2. The molecular weight excluding hydrogens is 490 g/mol. The van der Waals surface area contributed by atoms with Gasteiger partial charge in [-0.2, -0.15) is 0 Å². The standard InChI is InChI=1S/C24H32F2N6O3S/c1-15(2)32-8-9-35-23-18(25)11-16(12-20(23)32)22-19(26)13-28-24(30-22)29-17-3-6-31(7-4-17)36-10-5-27-21(34)14-33/h11-13,15,17,33H,3-10,14H2,1-2H3,(H,27,34)(H,28,29,30). The molecule has 3 heterocycles. The van der Waals surface area contributed by atoms with E-state index in [0.29, 0.717) is 36.9 Å². The summed E-state index contributed by atoms with van der Waals surface area (Å²) < 4.78 is 37.4. The number of ether oxygens (including phenoxy) is 1. The molecule has 1 saturated heterocycles. The largest absolute Gasteiger partial charge is 0.486 e. The average molecular weight is 523 g/mol. The number of nitrogens with zero attached hydrogens (tertiary/aromatic N) is 4. The van der Waals surface area contributed by atoms with E-state index in [1.54, 1.807) is 18.0 Å². The number of aliphatic hydroxyl groups is 1. The third kappa shape index (κ3) is 6.34. The molecule has 0 unspecified atom stereocenters. The van der Waals surface area contributed by atoms with Crippen molar-refractivity contribution in [3.8, 4) is 17.0 Å². The molecule has 196 valence electrons. The summed E-state index contributed by atoms with van der Waals surface area (Å²) in [5.74, 6) is -0.314. The first-order chi connectivity index (χ1) is 17.4. The topological polar surface area (TPSA) is 103 Å². The van der Waals surface area contributed by atoms with Crippen molar-refractivity contribution in [3.63, 3.8) is 0 Å². The van der Waals surface area contributed by atoms with Gasteiger partial charge in [-0.05, 0) is 38.8 Å². The number of carbonyl (C=O) groups excluding carboxylic acids is 1. The molecule has 0 aliphatic carbocycles. The van der Waals surface area contributed by atoms with Crippen LogP contribution in [0.3, 0.4) is 0 Å². The molecule has 2 aliphatic rings. The fourth-order valence-corrected chi connectivity index (χ4v) is 5.27. The van der Waals surface area contributed by atoms with Gasteiger partial charge in [0.2, 0.25) is 11.9 Å². The van der Waals surface area contributed by atoms with Gasteiger partial charge < -0.3 is 25.4 Å². The third-order valence-corrected chi connectivity index (χ3v) is 7.30. The Morgan fingerprint density at radius 2 is 2.03 bits per heavy atom. The number of anilines is 2. The van der Waals surface area contributed by atoms with Crippen molar-refractivity contribution in [2.45, 2.75) is 38.8 Å². The SMILES string of the molecule is CC(C)N1CCOc2c(F)cc(-c3nc(NC4CCN(SCCNC(=O)CO)CC4)ncc3F)cc21. The van der Waals surface area contributed by atoms with Crippen LogP contribution in [0.5, 0.6) is 5.75 Å². The number of fused-ring (bicyclic) bond motifs is 1. The number of aromatic nitrogens is 2. The van der Waals surface area contributed by atoms with E-state index in [9.17, 15) is 13.6 Å². The lowest BCUT2D eigenvalue weighted by Gasteiger charge is -2.34. The van der Waals surface area contributed by atoms with E-state index in [2.05, 4.69) is 24.9 Å². The number of nitrogens with one attached hydrogen (secondary N) is 2. The van der Waals surface area contributed by atoms with Gasteiger partial charge in [-0.15, -0.1) is 0 Å². The van der Waals surface area contributed by atoms with Crippen LogP contribution in [0.1, 0.15) is 26.7 Å². The van der Waals surface area contributed by atoms with Crippen LogP contribution in [-0.4, -0.2) is 82.5 Å². The molecule has 0 bridgehead atoms. The number of hydrogen-bond acceptors (Lipinski definition) is 9. The molecule has 12 heteroatoms. The Kier molecular flexibility index (Phi) is 8.81. The van der Waals surface area contributed by atoms with Gasteiger partial charge in [0.25, 0.3) is 0 Å². The first-order valence-corrected chi connectivity index (χ1v) is 13.1. The second kappa shape index (κ2) is 12.0. The quantitative estimate of drug-likeness (QED) is 0.339. The van der Waals surface area contributed by atoms with Crippen molar-refractivity contribution in [1.82, 2.24) is 19.6 Å². The van der Waals surface area contributed by atoms with Crippen molar-refractivity contribution >= 4 is 29.5 Å². The van der Waals surface area contributed by atoms with E-state index in [-0.39, 0.29) is 29.4 Å². The highest BCUT2D eigenvalue weighted by Crippen LogP contribution is 2.39. The van der Waals surface area contributed by atoms with Gasteiger partial charge in [0.05, 0.1) is 18.4 Å². The number of benzene rings is 1. The van der Waals surface area contributed by atoms with Gasteiger partial charge in [0, 0.05) is 43.0 Å². The van der Waals surface area contributed by atoms with E-state index in [1.165, 1.54) is 6.07 Å². The van der Waals surface area contributed by atoms with Crippen LogP contribution in [0.15, 0.2) is 18.3 Å². The summed E-state index contributed by atoms with van der Waals surface area (Å²) in [4.78, 5) is 21.6. The summed E-state index contributed by atoms with van der Waals surface area (Å²) in [7, 11) is 0. The summed E-state index contributed by atoms with van der Waals surface area (Å²) in [6.45, 7) is 6.74. The minimum Gasteiger partial charge on any atom is -0.486 e. The molecule has 3 N–H and O–H groups in total. The maximum absolute atomic E-state index is 14.9. The summed E-state index contributed by atoms with van der Waals surface area (Å²) >= 11 is 1.65. The first kappa shape index (κ1) is 26.4. The molecule has 1 aromatic carbocycles. The minimum absolute atomic E-state index is 0.0430. The van der Waals surface area contributed by atoms with Gasteiger partial charge in [-0.25, -0.2) is 18.7 Å². The van der Waals surface area contributed by atoms with E-state index >= 15 is 0 Å². The number of amides is 1. The second-order valence-corrected chi connectivity index (χ2v) is 10.2. The molecule has 36 heavy (non-hydrogen) atoms. The van der Waals surface area contributed by atoms with Crippen molar-refractivity contribution in [1.29, 1.82) is 0 Å². The fourth-order valence-electron chi connectivity index (χ4n) is 4.35. The Balaban J connectivity index is 1.40. The van der Waals surface area contributed by atoms with Crippen LogP contribution >= 0.6 is 11.9 Å². The monoisotopic (exact) mass is 522 g/mol. The highest BCUT2D eigenvalue weighted by molar-refractivity contribution is 7.97. The zero-order chi connectivity index (χ0) is 25.7. The summed E-state index contributed by atoms with van der Waals surface area (Å²) in [6, 6.07) is 3.25. The molecular formula is C24H32F2N6O3S. The van der Waals surface area contributed by atoms with Crippen molar-refractivity contribution in [3.05, 3.63) is 30.0 Å². The zero-order valence-corrected chi connectivity index (χ0v) is 21.3. The smallest absolute Gasteiger partial charge is 0.245 e. The molecule has 0 saturated carbocycles. The maximum atomic E-state index is 14.9. The highest BCUT2D eigenvalue weighted by Gasteiger charge is 2.26. The Labute approximate surface area is 213 Å². The third-order valence-electron chi connectivity index (χ3n) is 6.18. The lowest BCUT2D eigenvalue weighted by atomic mass is 10.1. The van der Waals surface area contributed by atoms with Gasteiger partial charge in [0.1, 0.15) is 18.9 Å². The van der Waals surface area contributed by atoms with E-state index in [0.717, 1.165) is 37.9 Å². The zero-order valence-electron chi connectivity index (χ0n) is 20.5. The number of aliphatic hydroxyl groups excluding tert-OH is 1. The fraction of sp³-hybridized carbons (Fsp3) is 0.542. The lowest BCUT2D eigenvalue weighted by Crippen LogP contribution is -2.38. The molecule has 4 rings (SSSR count). The van der Waals surface area contributed by atoms with Crippen LogP contribution in [-0.2, 0) is 4.79 Å². The molecule has 0 radical (unpaired) electrons. The van der Waals surface area contributed by atoms with Gasteiger partial charge in [-0.3, -0.25) is 9.10 Å². The summed E-state index contributed by atoms with van der Waals surface area (Å²) in [5.41, 5.74) is 0.978. The predicted molar refractivity (Wildman–Crippen MR) is 136 cm³/mol. The van der Waals surface area contributed by atoms with Gasteiger partial charge in [-0.1, -0.05) is 11.9 Å². The normalized spacial score (nSPS) is 16.6. The Morgan fingerprint density at radius 3 is 2.75 bits per heavy atom. The molecule has 0 atom stereocenters. The van der Waals surface area contributed by atoms with Gasteiger partial charge in [0.15, 0.2) is 17.4 Å². The van der Waals surface area contributed by atoms with Crippen molar-refractivity contribution in [2.24, 2.45) is 0 Å². The van der Waals surface area contributed by atoms with Crippen LogP contribution in [0.25, 0.3) is 11.3 Å². The molecule has 1 amide bonds. The van der Waals surface area contributed by atoms with Crippen LogP contribution in [0.2, 0.25) is 0 Å². The number of rotatable bonds is 9. The summed E-state index contributed by atoms with van der Waals surface area (Å²) in [5, 5.41) is 14.7. The van der Waals surface area contributed by atoms with Crippen LogP contribution < -0.4 is 20.3 Å². The Hall–Kier alpha value is -2.70. The predicted octanol–water partition coefficient (Wildman–Crippen LogP) is 2.66. The second-order valence-electron chi connectivity index (χ2n) is 9.02. The molecule has 2 aromatic rings.